The molecule has 0 unspecified atom stereocenters. The molecule has 9 rings (SSSR count). The predicted molar refractivity (Wildman–Crippen MR) is 187 cm³/mol. The van der Waals surface area contributed by atoms with Crippen LogP contribution in [0.15, 0.2) is 158 Å². The zero-order valence-electron chi connectivity index (χ0n) is 24.3. The smallest absolute Gasteiger partial charge is 0.0541 e. The van der Waals surface area contributed by atoms with Gasteiger partial charge in [-0.05, 0) is 95.8 Å². The first-order chi connectivity index (χ1) is 21.8. The van der Waals surface area contributed by atoms with Crippen molar-refractivity contribution in [1.82, 2.24) is 9.13 Å². The number of benzene rings is 6. The van der Waals surface area contributed by atoms with Gasteiger partial charge in [0.25, 0.3) is 0 Å². The van der Waals surface area contributed by atoms with Gasteiger partial charge in [0, 0.05) is 32.9 Å². The molecule has 0 amide bonds. The lowest BCUT2D eigenvalue weighted by Crippen LogP contribution is -1.94. The summed E-state index contributed by atoms with van der Waals surface area (Å²) in [4.78, 5) is 0. The summed E-state index contributed by atoms with van der Waals surface area (Å²) in [6.07, 6.45) is 9.11. The maximum Gasteiger partial charge on any atom is 0.0541 e. The van der Waals surface area contributed by atoms with Crippen LogP contribution in [0.4, 0.5) is 0 Å². The second-order valence-electron chi connectivity index (χ2n) is 11.7. The molecule has 0 radical (unpaired) electrons. The molecule has 0 N–H and O–H groups in total. The quantitative estimate of drug-likeness (QED) is 0.202. The lowest BCUT2D eigenvalue weighted by Gasteiger charge is -2.11. The first-order valence-electron chi connectivity index (χ1n) is 15.4. The molecule has 0 bridgehead atoms. The van der Waals surface area contributed by atoms with Gasteiger partial charge in [-0.15, -0.1) is 0 Å². The Morgan fingerprint density at radius 2 is 0.886 bits per heavy atom. The van der Waals surface area contributed by atoms with E-state index >= 15 is 0 Å². The minimum atomic E-state index is 1.12. The Kier molecular flexibility index (Phi) is 5.67. The first-order valence-corrected chi connectivity index (χ1v) is 15.4. The third-order valence-corrected chi connectivity index (χ3v) is 9.15. The van der Waals surface area contributed by atoms with Gasteiger partial charge in [0.1, 0.15) is 0 Å². The number of rotatable bonds is 4. The van der Waals surface area contributed by atoms with E-state index in [1.807, 2.05) is 0 Å². The van der Waals surface area contributed by atoms with Crippen molar-refractivity contribution in [2.45, 2.75) is 12.8 Å². The molecule has 1 aliphatic rings. The Bertz CT molecular complexity index is 2410. The van der Waals surface area contributed by atoms with Crippen LogP contribution in [0.1, 0.15) is 18.4 Å². The summed E-state index contributed by atoms with van der Waals surface area (Å²) in [5.41, 5.74) is 12.3. The zero-order chi connectivity index (χ0) is 29.0. The molecule has 0 aliphatic heterocycles. The van der Waals surface area contributed by atoms with Gasteiger partial charge < -0.3 is 9.13 Å². The molecule has 2 heterocycles. The number of hydrogen-bond acceptors (Lipinski definition) is 0. The van der Waals surface area contributed by atoms with Gasteiger partial charge in [-0.1, -0.05) is 97.1 Å². The van der Waals surface area contributed by atoms with E-state index in [0.717, 1.165) is 12.8 Å². The van der Waals surface area contributed by atoms with Crippen LogP contribution in [-0.2, 0) is 0 Å². The van der Waals surface area contributed by atoms with Crippen LogP contribution in [0.2, 0.25) is 0 Å². The summed E-state index contributed by atoms with van der Waals surface area (Å²) >= 11 is 0. The fourth-order valence-corrected chi connectivity index (χ4v) is 7.07. The first kappa shape index (κ1) is 24.9. The molecule has 0 spiro atoms. The monoisotopic (exact) mass is 562 g/mol. The van der Waals surface area contributed by atoms with E-state index in [0.29, 0.717) is 0 Å². The Balaban J connectivity index is 1.19. The van der Waals surface area contributed by atoms with Crippen molar-refractivity contribution in [1.29, 1.82) is 0 Å². The minimum Gasteiger partial charge on any atom is -0.309 e. The molecule has 2 heteroatoms. The van der Waals surface area contributed by atoms with Crippen LogP contribution >= 0.6 is 0 Å². The second-order valence-corrected chi connectivity index (χ2v) is 11.7. The van der Waals surface area contributed by atoms with Gasteiger partial charge in [-0.2, -0.15) is 0 Å². The SMILES string of the molecule is C1=CC(c2ccc(-n3c4ccccc4c4cc(-c5ccc6c(c5)c5ccccc5n6-c5ccccc5)ccc43)cc2)=CCC1. The normalized spacial score (nSPS) is 13.3. The van der Waals surface area contributed by atoms with E-state index in [4.69, 9.17) is 0 Å². The van der Waals surface area contributed by atoms with Gasteiger partial charge in [-0.25, -0.2) is 0 Å². The largest absolute Gasteiger partial charge is 0.309 e. The number of hydrogen-bond donors (Lipinski definition) is 0. The Morgan fingerprint density at radius 3 is 1.45 bits per heavy atom. The molecule has 0 saturated carbocycles. The summed E-state index contributed by atoms with van der Waals surface area (Å²) in [5, 5.41) is 5.08. The van der Waals surface area contributed by atoms with Crippen LogP contribution in [0.5, 0.6) is 0 Å². The molecule has 44 heavy (non-hydrogen) atoms. The summed E-state index contributed by atoms with van der Waals surface area (Å²) < 4.78 is 4.78. The number of para-hydroxylation sites is 3. The fourth-order valence-electron chi connectivity index (χ4n) is 7.07. The number of fused-ring (bicyclic) bond motifs is 6. The lowest BCUT2D eigenvalue weighted by atomic mass is 9.99. The molecule has 1 aliphatic carbocycles. The standard InChI is InChI=1S/C42H30N2/c1-3-11-29(12-4-1)30-19-23-34(24-20-30)44-40-18-10-8-16-36(40)38-28-32(22-26-42(38)44)31-21-25-41-37(27-31)35-15-7-9-17-39(35)43(41)33-13-5-2-6-14-33/h2-3,5-28H,1,4H2. The lowest BCUT2D eigenvalue weighted by molar-refractivity contribution is 1.04. The molecular formula is C42H30N2. The predicted octanol–water partition coefficient (Wildman–Crippen LogP) is 11.3. The van der Waals surface area contributed by atoms with Crippen LogP contribution in [0.3, 0.4) is 0 Å². The minimum absolute atomic E-state index is 1.12. The molecule has 2 nitrogen and oxygen atoms in total. The molecule has 8 aromatic rings. The highest BCUT2D eigenvalue weighted by atomic mass is 15.0. The number of aromatic nitrogens is 2. The topological polar surface area (TPSA) is 9.86 Å². The van der Waals surface area contributed by atoms with Crippen LogP contribution in [0, 0.1) is 0 Å². The van der Waals surface area contributed by atoms with Crippen molar-refractivity contribution in [2.24, 2.45) is 0 Å². The van der Waals surface area contributed by atoms with Gasteiger partial charge >= 0.3 is 0 Å². The van der Waals surface area contributed by atoms with E-state index in [1.165, 1.54) is 77.2 Å². The van der Waals surface area contributed by atoms with Crippen LogP contribution < -0.4 is 0 Å². The van der Waals surface area contributed by atoms with Crippen LogP contribution in [-0.4, -0.2) is 9.13 Å². The second kappa shape index (κ2) is 10.00. The molecule has 2 aromatic heterocycles. The Hall–Kier alpha value is -5.60. The van der Waals surface area contributed by atoms with E-state index in [-0.39, 0.29) is 0 Å². The highest BCUT2D eigenvalue weighted by Gasteiger charge is 2.16. The average Bonchev–Trinajstić information content (AvgIpc) is 3.61. The van der Waals surface area contributed by atoms with Gasteiger partial charge in [0.05, 0.1) is 22.1 Å². The zero-order valence-corrected chi connectivity index (χ0v) is 24.3. The molecular weight excluding hydrogens is 532 g/mol. The molecule has 208 valence electrons. The van der Waals surface area contributed by atoms with Crippen LogP contribution in [0.25, 0.3) is 71.7 Å². The van der Waals surface area contributed by atoms with E-state index < -0.39 is 0 Å². The molecule has 0 fully saturated rings. The summed E-state index contributed by atoms with van der Waals surface area (Å²) in [5.74, 6) is 0. The van der Waals surface area contributed by atoms with Crippen molar-refractivity contribution in [2.75, 3.05) is 0 Å². The highest BCUT2D eigenvalue weighted by molar-refractivity contribution is 6.12. The fraction of sp³-hybridized carbons (Fsp3) is 0.0476. The molecule has 0 saturated heterocycles. The van der Waals surface area contributed by atoms with E-state index in [1.54, 1.807) is 0 Å². The van der Waals surface area contributed by atoms with E-state index in [2.05, 4.69) is 167 Å². The summed E-state index contributed by atoms with van der Waals surface area (Å²) in [6, 6.07) is 51.0. The number of nitrogens with zero attached hydrogens (tertiary/aromatic N) is 2. The van der Waals surface area contributed by atoms with Gasteiger partial charge in [0.2, 0.25) is 0 Å². The Morgan fingerprint density at radius 1 is 0.386 bits per heavy atom. The van der Waals surface area contributed by atoms with E-state index in [9.17, 15) is 0 Å². The maximum atomic E-state index is 2.40. The molecule has 6 aromatic carbocycles. The summed E-state index contributed by atoms with van der Waals surface area (Å²) in [6.45, 7) is 0. The van der Waals surface area contributed by atoms with Crippen molar-refractivity contribution in [3.8, 4) is 22.5 Å². The van der Waals surface area contributed by atoms with Crippen molar-refractivity contribution in [3.63, 3.8) is 0 Å². The Labute approximate surface area is 256 Å². The maximum absolute atomic E-state index is 2.40. The van der Waals surface area contributed by atoms with Crippen molar-refractivity contribution in [3.05, 3.63) is 163 Å². The third kappa shape index (κ3) is 3.88. The highest BCUT2D eigenvalue weighted by Crippen LogP contribution is 2.38. The van der Waals surface area contributed by atoms with Gasteiger partial charge in [0.15, 0.2) is 0 Å². The average molecular weight is 563 g/mol. The summed E-state index contributed by atoms with van der Waals surface area (Å²) in [7, 11) is 0. The molecule has 0 atom stereocenters. The number of allylic oxidation sites excluding steroid dienone is 4. The third-order valence-electron chi connectivity index (χ3n) is 9.15. The van der Waals surface area contributed by atoms with Gasteiger partial charge in [-0.3, -0.25) is 0 Å². The van der Waals surface area contributed by atoms with Crippen molar-refractivity contribution < 1.29 is 0 Å². The van der Waals surface area contributed by atoms with Crippen molar-refractivity contribution >= 4 is 49.2 Å².